The Balaban J connectivity index is 1.67. The number of hydrogen-bond acceptors (Lipinski definition) is 4. The molecule has 1 aliphatic heterocycles. The molecule has 0 amide bonds. The summed E-state index contributed by atoms with van der Waals surface area (Å²) in [5, 5.41) is 22.0. The van der Waals surface area contributed by atoms with E-state index in [2.05, 4.69) is 4.98 Å². The minimum absolute atomic E-state index is 0.0380. The number of aliphatic hydroxyl groups is 1. The third kappa shape index (κ3) is 3.20. The van der Waals surface area contributed by atoms with E-state index in [0.29, 0.717) is 32.0 Å². The van der Waals surface area contributed by atoms with Gasteiger partial charge in [0.2, 0.25) is 0 Å². The van der Waals surface area contributed by atoms with Gasteiger partial charge in [-0.3, -0.25) is 5.41 Å². The fourth-order valence-electron chi connectivity index (χ4n) is 2.85. The van der Waals surface area contributed by atoms with Gasteiger partial charge in [-0.25, -0.2) is 9.37 Å². The van der Waals surface area contributed by atoms with Crippen molar-refractivity contribution in [2.45, 2.75) is 0 Å². The topological polar surface area (TPSA) is 60.2 Å². The molecule has 2 N–H and O–H groups in total. The highest BCUT2D eigenvalue weighted by molar-refractivity contribution is 7.11. The van der Waals surface area contributed by atoms with Crippen LogP contribution in [0, 0.1) is 11.2 Å². The van der Waals surface area contributed by atoms with Crippen LogP contribution >= 0.6 is 34.5 Å². The van der Waals surface area contributed by atoms with E-state index in [0.717, 1.165) is 5.56 Å². The Morgan fingerprint density at radius 1 is 1.15 bits per heavy atom. The number of nitrogens with one attached hydrogen (secondary N) is 1. The molecule has 0 unspecified atom stereocenters. The second kappa shape index (κ2) is 6.96. The highest BCUT2D eigenvalue weighted by atomic mass is 35.5. The van der Waals surface area contributed by atoms with Gasteiger partial charge in [0.15, 0.2) is 0 Å². The van der Waals surface area contributed by atoms with Crippen LogP contribution < -0.4 is 4.90 Å². The van der Waals surface area contributed by atoms with Gasteiger partial charge in [-0.2, -0.15) is 0 Å². The lowest BCUT2D eigenvalue weighted by atomic mass is 10.2. The van der Waals surface area contributed by atoms with Crippen LogP contribution in [0.1, 0.15) is 5.01 Å². The molecule has 27 heavy (non-hydrogen) atoms. The molecule has 0 atom stereocenters. The predicted molar refractivity (Wildman–Crippen MR) is 109 cm³/mol. The standard InChI is InChI=1S/C19H12Cl2FN3OS/c20-12-2-1-3-14(17(12)21)25-8-15(26)16(18(25)23)19-24-13(9-27-19)10-4-6-11(22)7-5-10/h1-7,9,23,26H,8H2. The number of anilines is 1. The van der Waals surface area contributed by atoms with Gasteiger partial charge in [0, 0.05) is 10.9 Å². The van der Waals surface area contributed by atoms with E-state index in [1.165, 1.54) is 23.5 Å². The van der Waals surface area contributed by atoms with Crippen LogP contribution in [0.4, 0.5) is 10.1 Å². The minimum atomic E-state index is -0.318. The summed E-state index contributed by atoms with van der Waals surface area (Å²) in [7, 11) is 0. The summed E-state index contributed by atoms with van der Waals surface area (Å²) in [5.41, 5.74) is 2.32. The zero-order valence-corrected chi connectivity index (χ0v) is 16.0. The van der Waals surface area contributed by atoms with Crippen LogP contribution in [0.25, 0.3) is 16.8 Å². The Hall–Kier alpha value is -2.41. The fourth-order valence-corrected chi connectivity index (χ4v) is 4.15. The molecule has 0 saturated heterocycles. The van der Waals surface area contributed by atoms with E-state index in [4.69, 9.17) is 28.6 Å². The SMILES string of the molecule is N=C1C(c2nc(-c3ccc(F)cc3)cs2)=C(O)CN1c1cccc(Cl)c1Cl. The van der Waals surface area contributed by atoms with Gasteiger partial charge in [-0.05, 0) is 36.4 Å². The Morgan fingerprint density at radius 2 is 1.89 bits per heavy atom. The van der Waals surface area contributed by atoms with Crippen LogP contribution in [0.5, 0.6) is 0 Å². The third-order valence-electron chi connectivity index (χ3n) is 4.18. The zero-order chi connectivity index (χ0) is 19.1. The highest BCUT2D eigenvalue weighted by Crippen LogP contribution is 2.39. The smallest absolute Gasteiger partial charge is 0.139 e. The van der Waals surface area contributed by atoms with Crippen LogP contribution in [0.15, 0.2) is 53.6 Å². The number of rotatable bonds is 3. The van der Waals surface area contributed by atoms with Gasteiger partial charge in [-0.15, -0.1) is 11.3 Å². The number of nitrogens with zero attached hydrogens (tertiary/aromatic N) is 2. The van der Waals surface area contributed by atoms with Crippen molar-refractivity contribution in [3.8, 4) is 11.3 Å². The van der Waals surface area contributed by atoms with Gasteiger partial charge in [0.25, 0.3) is 0 Å². The van der Waals surface area contributed by atoms with E-state index in [1.54, 1.807) is 35.2 Å². The maximum atomic E-state index is 13.1. The van der Waals surface area contributed by atoms with Crippen molar-refractivity contribution < 1.29 is 9.50 Å². The molecule has 4 nitrogen and oxygen atoms in total. The molecular formula is C19H12Cl2FN3OS. The molecule has 0 radical (unpaired) electrons. The Labute approximate surface area is 168 Å². The van der Waals surface area contributed by atoms with Crippen LogP contribution in [-0.4, -0.2) is 22.5 Å². The van der Waals surface area contributed by atoms with E-state index < -0.39 is 0 Å². The van der Waals surface area contributed by atoms with E-state index in [-0.39, 0.29) is 24.0 Å². The lowest BCUT2D eigenvalue weighted by molar-refractivity contribution is 0.411. The Bertz CT molecular complexity index is 1080. The summed E-state index contributed by atoms with van der Waals surface area (Å²) in [6, 6.07) is 11.2. The number of aromatic nitrogens is 1. The first-order valence-corrected chi connectivity index (χ1v) is 9.53. The second-order valence-electron chi connectivity index (χ2n) is 5.87. The number of hydrogen-bond donors (Lipinski definition) is 2. The first kappa shape index (κ1) is 18.0. The first-order valence-electron chi connectivity index (χ1n) is 7.90. The lowest BCUT2D eigenvalue weighted by Gasteiger charge is -2.20. The quantitative estimate of drug-likeness (QED) is 0.545. The average molecular weight is 420 g/mol. The van der Waals surface area contributed by atoms with Gasteiger partial charge >= 0.3 is 0 Å². The van der Waals surface area contributed by atoms with Crippen molar-refractivity contribution in [1.29, 1.82) is 5.41 Å². The third-order valence-corrected chi connectivity index (χ3v) is 5.85. The van der Waals surface area contributed by atoms with Gasteiger partial charge in [0.1, 0.15) is 22.4 Å². The summed E-state index contributed by atoms with van der Waals surface area (Å²) < 4.78 is 13.1. The van der Waals surface area contributed by atoms with Crippen molar-refractivity contribution in [1.82, 2.24) is 4.98 Å². The van der Waals surface area contributed by atoms with Crippen molar-refractivity contribution >= 4 is 51.6 Å². The largest absolute Gasteiger partial charge is 0.510 e. The second-order valence-corrected chi connectivity index (χ2v) is 7.52. The van der Waals surface area contributed by atoms with Crippen LogP contribution in [0.3, 0.4) is 0 Å². The van der Waals surface area contributed by atoms with Crippen molar-refractivity contribution in [2.24, 2.45) is 0 Å². The molecule has 4 rings (SSSR count). The lowest BCUT2D eigenvalue weighted by Crippen LogP contribution is -2.26. The minimum Gasteiger partial charge on any atom is -0.510 e. The number of halogens is 3. The molecule has 0 spiro atoms. The summed E-state index contributed by atoms with van der Waals surface area (Å²) in [4.78, 5) is 6.09. The average Bonchev–Trinajstić information content (AvgIpc) is 3.23. The van der Waals surface area contributed by atoms with Crippen molar-refractivity contribution in [3.05, 3.63) is 74.5 Å². The van der Waals surface area contributed by atoms with E-state index in [9.17, 15) is 9.50 Å². The van der Waals surface area contributed by atoms with Gasteiger partial charge < -0.3 is 10.0 Å². The zero-order valence-electron chi connectivity index (χ0n) is 13.7. The van der Waals surface area contributed by atoms with Crippen LogP contribution in [0.2, 0.25) is 10.0 Å². The molecule has 1 aliphatic rings. The molecule has 136 valence electrons. The first-order chi connectivity index (χ1) is 13.0. The molecule has 3 aromatic rings. The summed E-state index contributed by atoms with van der Waals surface area (Å²) >= 11 is 13.6. The molecule has 0 fully saturated rings. The van der Waals surface area contributed by atoms with Gasteiger partial charge in [0.05, 0.1) is 33.5 Å². The maximum Gasteiger partial charge on any atom is 0.139 e. The van der Waals surface area contributed by atoms with Gasteiger partial charge in [-0.1, -0.05) is 29.3 Å². The summed E-state index contributed by atoms with van der Waals surface area (Å²) in [5.74, 6) is -0.186. The fraction of sp³-hybridized carbons (Fsp3) is 0.0526. The normalized spacial score (nSPS) is 14.3. The number of amidine groups is 1. The number of aliphatic hydroxyl groups excluding tert-OH is 1. The molecule has 8 heteroatoms. The predicted octanol–water partition coefficient (Wildman–Crippen LogP) is 6.02. The Kier molecular flexibility index (Phi) is 4.63. The summed E-state index contributed by atoms with van der Waals surface area (Å²) in [6.07, 6.45) is 0. The number of benzene rings is 2. The van der Waals surface area contributed by atoms with E-state index in [1.807, 2.05) is 5.38 Å². The molecular weight excluding hydrogens is 408 g/mol. The molecule has 2 aromatic carbocycles. The highest BCUT2D eigenvalue weighted by Gasteiger charge is 2.32. The summed E-state index contributed by atoms with van der Waals surface area (Å²) in [6.45, 7) is 0.111. The number of thiazole rings is 1. The molecule has 2 heterocycles. The molecule has 0 bridgehead atoms. The van der Waals surface area contributed by atoms with Crippen molar-refractivity contribution in [3.63, 3.8) is 0 Å². The Morgan fingerprint density at radius 3 is 2.63 bits per heavy atom. The van der Waals surface area contributed by atoms with E-state index >= 15 is 0 Å². The molecule has 1 aromatic heterocycles. The van der Waals surface area contributed by atoms with Crippen LogP contribution in [-0.2, 0) is 0 Å². The molecule has 0 aliphatic carbocycles. The maximum absolute atomic E-state index is 13.1. The monoisotopic (exact) mass is 419 g/mol. The van der Waals surface area contributed by atoms with Crippen molar-refractivity contribution in [2.75, 3.05) is 11.4 Å². The molecule has 0 saturated carbocycles.